The van der Waals surface area contributed by atoms with E-state index in [1.54, 1.807) is 4.90 Å². The molecule has 2 heterocycles. The Morgan fingerprint density at radius 2 is 1.97 bits per heavy atom. The highest BCUT2D eigenvalue weighted by Gasteiger charge is 2.35. The SMILES string of the molecule is CCOc1ccc(N2C[C@@H](c3nnc(NC(=O)C4CCCCC4)o3)CC2=O)cc1. The number of nitrogens with one attached hydrogen (secondary N) is 1. The first-order valence-electron chi connectivity index (χ1n) is 10.3. The van der Waals surface area contributed by atoms with Crippen LogP contribution in [0.15, 0.2) is 28.7 Å². The van der Waals surface area contributed by atoms with E-state index in [1.807, 2.05) is 31.2 Å². The van der Waals surface area contributed by atoms with E-state index in [0.717, 1.165) is 37.1 Å². The molecule has 1 N–H and O–H groups in total. The maximum atomic E-state index is 12.5. The number of hydrogen-bond acceptors (Lipinski definition) is 6. The number of hydrogen-bond donors (Lipinski definition) is 1. The van der Waals surface area contributed by atoms with Gasteiger partial charge in [0.15, 0.2) is 0 Å². The third kappa shape index (κ3) is 4.41. The van der Waals surface area contributed by atoms with Crippen molar-refractivity contribution < 1.29 is 18.7 Å². The molecule has 4 rings (SSSR count). The van der Waals surface area contributed by atoms with Gasteiger partial charge in [-0.1, -0.05) is 24.4 Å². The zero-order valence-electron chi connectivity index (χ0n) is 16.6. The van der Waals surface area contributed by atoms with Crippen molar-refractivity contribution in [1.29, 1.82) is 0 Å². The highest BCUT2D eigenvalue weighted by Crippen LogP contribution is 2.32. The lowest BCUT2D eigenvalue weighted by molar-refractivity contribution is -0.121. The second-order valence-electron chi connectivity index (χ2n) is 7.60. The second kappa shape index (κ2) is 8.63. The van der Waals surface area contributed by atoms with Gasteiger partial charge >= 0.3 is 6.01 Å². The van der Waals surface area contributed by atoms with Crippen molar-refractivity contribution in [2.75, 3.05) is 23.4 Å². The van der Waals surface area contributed by atoms with E-state index in [0.29, 0.717) is 25.5 Å². The van der Waals surface area contributed by atoms with Gasteiger partial charge in [0, 0.05) is 24.6 Å². The summed E-state index contributed by atoms with van der Waals surface area (Å²) < 4.78 is 11.1. The molecule has 0 bridgehead atoms. The molecule has 1 aliphatic carbocycles. The number of aromatic nitrogens is 2. The zero-order chi connectivity index (χ0) is 20.2. The Balaban J connectivity index is 1.38. The highest BCUT2D eigenvalue weighted by molar-refractivity contribution is 5.96. The number of nitrogens with zero attached hydrogens (tertiary/aromatic N) is 3. The standard InChI is InChI=1S/C21H26N4O4/c1-2-28-17-10-8-16(9-11-17)25-13-15(12-18(25)26)20-23-24-21(29-20)22-19(27)14-6-4-3-5-7-14/h8-11,14-15H,2-7,12-13H2,1H3,(H,22,24,27)/t15-/m0/s1. The predicted octanol–water partition coefficient (Wildman–Crippen LogP) is 3.51. The minimum Gasteiger partial charge on any atom is -0.494 e. The number of amides is 2. The van der Waals surface area contributed by atoms with Gasteiger partial charge in [-0.15, -0.1) is 5.10 Å². The quantitative estimate of drug-likeness (QED) is 0.800. The van der Waals surface area contributed by atoms with Crippen LogP contribution in [0.25, 0.3) is 0 Å². The molecule has 0 unspecified atom stereocenters. The van der Waals surface area contributed by atoms with Crippen molar-refractivity contribution in [3.63, 3.8) is 0 Å². The van der Waals surface area contributed by atoms with Crippen LogP contribution in [0.2, 0.25) is 0 Å². The molecule has 8 heteroatoms. The molecule has 1 aromatic carbocycles. The normalized spacial score (nSPS) is 20.1. The molecule has 1 aromatic heterocycles. The van der Waals surface area contributed by atoms with Gasteiger partial charge in [0.05, 0.1) is 12.5 Å². The van der Waals surface area contributed by atoms with Gasteiger partial charge < -0.3 is 14.1 Å². The number of ether oxygens (including phenoxy) is 1. The first-order chi connectivity index (χ1) is 14.1. The van der Waals surface area contributed by atoms with Crippen LogP contribution in [0.5, 0.6) is 5.75 Å². The third-order valence-corrected chi connectivity index (χ3v) is 5.58. The Labute approximate surface area is 169 Å². The Bertz CT molecular complexity index is 858. The Hall–Kier alpha value is -2.90. The average Bonchev–Trinajstić information content (AvgIpc) is 3.36. The highest BCUT2D eigenvalue weighted by atomic mass is 16.5. The fourth-order valence-corrected chi connectivity index (χ4v) is 4.03. The zero-order valence-corrected chi connectivity index (χ0v) is 16.6. The number of carbonyl (C=O) groups excluding carboxylic acids is 2. The van der Waals surface area contributed by atoms with Crippen molar-refractivity contribution in [1.82, 2.24) is 10.2 Å². The lowest BCUT2D eigenvalue weighted by Gasteiger charge is -2.19. The minimum absolute atomic E-state index is 0.00477. The van der Waals surface area contributed by atoms with Crippen LogP contribution < -0.4 is 15.0 Å². The molecule has 2 aromatic rings. The van der Waals surface area contributed by atoms with Gasteiger partial charge in [0.25, 0.3) is 0 Å². The average molecular weight is 398 g/mol. The molecular formula is C21H26N4O4. The number of benzene rings is 1. The van der Waals surface area contributed by atoms with Gasteiger partial charge in [-0.3, -0.25) is 14.9 Å². The van der Waals surface area contributed by atoms with E-state index in [2.05, 4.69) is 15.5 Å². The van der Waals surface area contributed by atoms with Gasteiger partial charge in [0.1, 0.15) is 5.75 Å². The van der Waals surface area contributed by atoms with Crippen molar-refractivity contribution in [3.8, 4) is 5.75 Å². The summed E-state index contributed by atoms with van der Waals surface area (Å²) >= 11 is 0. The van der Waals surface area contributed by atoms with Crippen LogP contribution in [-0.2, 0) is 9.59 Å². The first-order valence-corrected chi connectivity index (χ1v) is 10.3. The molecule has 8 nitrogen and oxygen atoms in total. The minimum atomic E-state index is -0.193. The fourth-order valence-electron chi connectivity index (χ4n) is 4.03. The summed E-state index contributed by atoms with van der Waals surface area (Å²) in [5, 5.41) is 10.8. The van der Waals surface area contributed by atoms with Gasteiger partial charge in [0.2, 0.25) is 17.7 Å². The van der Waals surface area contributed by atoms with Crippen LogP contribution in [0.3, 0.4) is 0 Å². The van der Waals surface area contributed by atoms with Gasteiger partial charge in [-0.25, -0.2) is 0 Å². The van der Waals surface area contributed by atoms with Crippen molar-refractivity contribution in [2.24, 2.45) is 5.92 Å². The Kier molecular flexibility index (Phi) is 5.78. The lowest BCUT2D eigenvalue weighted by Crippen LogP contribution is -2.24. The van der Waals surface area contributed by atoms with E-state index in [4.69, 9.17) is 9.15 Å². The topological polar surface area (TPSA) is 97.6 Å². The maximum absolute atomic E-state index is 12.5. The molecular weight excluding hydrogens is 372 g/mol. The molecule has 0 radical (unpaired) electrons. The fraction of sp³-hybridized carbons (Fsp3) is 0.524. The largest absolute Gasteiger partial charge is 0.494 e. The summed E-state index contributed by atoms with van der Waals surface area (Å²) in [6.07, 6.45) is 5.46. The van der Waals surface area contributed by atoms with Gasteiger partial charge in [-0.2, -0.15) is 0 Å². The van der Waals surface area contributed by atoms with Crippen LogP contribution >= 0.6 is 0 Å². The van der Waals surface area contributed by atoms with Crippen LogP contribution in [0.1, 0.15) is 57.3 Å². The lowest BCUT2D eigenvalue weighted by atomic mass is 9.89. The summed E-state index contributed by atoms with van der Waals surface area (Å²) in [5.41, 5.74) is 0.811. The molecule has 29 heavy (non-hydrogen) atoms. The smallest absolute Gasteiger partial charge is 0.322 e. The second-order valence-corrected chi connectivity index (χ2v) is 7.60. The Morgan fingerprint density at radius 3 is 2.69 bits per heavy atom. The van der Waals surface area contributed by atoms with E-state index in [-0.39, 0.29) is 29.7 Å². The maximum Gasteiger partial charge on any atom is 0.322 e. The molecule has 0 spiro atoms. The molecule has 1 saturated heterocycles. The van der Waals surface area contributed by atoms with Crippen molar-refractivity contribution in [2.45, 2.75) is 51.4 Å². The van der Waals surface area contributed by atoms with Crippen LogP contribution in [0.4, 0.5) is 11.7 Å². The van der Waals surface area contributed by atoms with Gasteiger partial charge in [-0.05, 0) is 44.0 Å². The molecule has 2 fully saturated rings. The van der Waals surface area contributed by atoms with E-state index < -0.39 is 0 Å². The summed E-state index contributed by atoms with van der Waals surface area (Å²) in [6, 6.07) is 7.56. The van der Waals surface area contributed by atoms with Crippen LogP contribution in [0, 0.1) is 5.92 Å². The van der Waals surface area contributed by atoms with E-state index in [9.17, 15) is 9.59 Å². The van der Waals surface area contributed by atoms with Crippen molar-refractivity contribution in [3.05, 3.63) is 30.2 Å². The van der Waals surface area contributed by atoms with Crippen molar-refractivity contribution >= 4 is 23.5 Å². The van der Waals surface area contributed by atoms with E-state index in [1.165, 1.54) is 6.42 Å². The Morgan fingerprint density at radius 1 is 1.21 bits per heavy atom. The monoisotopic (exact) mass is 398 g/mol. The number of rotatable bonds is 6. The first kappa shape index (κ1) is 19.4. The van der Waals surface area contributed by atoms with E-state index >= 15 is 0 Å². The summed E-state index contributed by atoms with van der Waals surface area (Å²) in [5.74, 6) is 0.924. The number of carbonyl (C=O) groups is 2. The summed E-state index contributed by atoms with van der Waals surface area (Å²) in [7, 11) is 0. The molecule has 2 aliphatic rings. The molecule has 2 amide bonds. The molecule has 1 aliphatic heterocycles. The molecule has 1 saturated carbocycles. The molecule has 1 atom stereocenters. The molecule has 154 valence electrons. The third-order valence-electron chi connectivity index (χ3n) is 5.58. The predicted molar refractivity (Wildman–Crippen MR) is 107 cm³/mol. The summed E-state index contributed by atoms with van der Waals surface area (Å²) in [4.78, 5) is 26.6. The number of anilines is 2. The summed E-state index contributed by atoms with van der Waals surface area (Å²) in [6.45, 7) is 2.99. The van der Waals surface area contributed by atoms with Crippen LogP contribution in [-0.4, -0.2) is 35.2 Å².